The average Bonchev–Trinajstić information content (AvgIpc) is 2.94. The molecule has 1 saturated heterocycles. The van der Waals surface area contributed by atoms with Crippen molar-refractivity contribution < 1.29 is 18.3 Å². The Hall–Kier alpha value is -0.990. The minimum Gasteiger partial charge on any atom is -0.396 e. The van der Waals surface area contributed by atoms with E-state index in [0.29, 0.717) is 25.4 Å². The van der Waals surface area contributed by atoms with Crippen LogP contribution in [0.2, 0.25) is 0 Å². The van der Waals surface area contributed by atoms with Gasteiger partial charge in [-0.3, -0.25) is 4.90 Å². The summed E-state index contributed by atoms with van der Waals surface area (Å²) in [7, 11) is -1.27. The lowest BCUT2D eigenvalue weighted by Crippen LogP contribution is -2.47. The molecule has 7 heteroatoms. The maximum absolute atomic E-state index is 11.8. The first-order valence-electron chi connectivity index (χ1n) is 10.3. The van der Waals surface area contributed by atoms with Gasteiger partial charge >= 0.3 is 0 Å². The Kier molecular flexibility index (Phi) is 7.50. The van der Waals surface area contributed by atoms with E-state index >= 15 is 0 Å². The molecule has 28 heavy (non-hydrogen) atoms. The van der Waals surface area contributed by atoms with Crippen molar-refractivity contribution in [1.82, 2.24) is 9.62 Å². The minimum absolute atomic E-state index is 0.00174. The van der Waals surface area contributed by atoms with Crippen LogP contribution in [0.5, 0.6) is 0 Å². The Morgan fingerprint density at radius 2 is 1.86 bits per heavy atom. The molecule has 0 bridgehead atoms. The molecule has 1 aliphatic carbocycles. The van der Waals surface area contributed by atoms with Crippen LogP contribution in [0, 0.1) is 0 Å². The van der Waals surface area contributed by atoms with E-state index in [1.165, 1.54) is 11.8 Å². The summed E-state index contributed by atoms with van der Waals surface area (Å²) in [5.41, 5.74) is 1.42. The fourth-order valence-corrected chi connectivity index (χ4v) is 5.60. The molecule has 6 nitrogen and oxygen atoms in total. The lowest BCUT2D eigenvalue weighted by atomic mass is 9.83. The van der Waals surface area contributed by atoms with E-state index in [0.717, 1.165) is 25.7 Å². The molecule has 1 aliphatic heterocycles. The summed E-state index contributed by atoms with van der Waals surface area (Å²) in [6, 6.07) is 10.7. The summed E-state index contributed by atoms with van der Waals surface area (Å²) in [4.78, 5) is 2.18. The van der Waals surface area contributed by atoms with Crippen molar-refractivity contribution in [2.45, 2.75) is 68.7 Å². The highest BCUT2D eigenvalue weighted by Gasteiger charge is 2.40. The lowest BCUT2D eigenvalue weighted by molar-refractivity contribution is -0.00669. The van der Waals surface area contributed by atoms with Crippen LogP contribution in [0.1, 0.15) is 50.0 Å². The van der Waals surface area contributed by atoms with E-state index in [1.54, 1.807) is 0 Å². The van der Waals surface area contributed by atoms with Crippen LogP contribution < -0.4 is 4.72 Å². The normalized spacial score (nSPS) is 31.9. The number of sulfonamides is 1. The number of benzene rings is 1. The number of aliphatic hydroxyl groups excluding tert-OH is 1. The minimum atomic E-state index is -3.28. The Morgan fingerprint density at radius 3 is 2.46 bits per heavy atom. The van der Waals surface area contributed by atoms with E-state index in [4.69, 9.17) is 4.74 Å². The quantitative estimate of drug-likeness (QED) is 0.686. The van der Waals surface area contributed by atoms with Crippen molar-refractivity contribution in [3.8, 4) is 0 Å². The number of aliphatic hydroxyl groups is 1. The smallest absolute Gasteiger partial charge is 0.209 e. The standard InChI is InChI=1S/C21H34N2O4S/c1-23-18(12-13-24)14-20(22-28(2,25)26)21(23)15-27-19-10-8-17(9-11-19)16-6-4-3-5-7-16/h3-7,17-22,24H,8-15H2,1-2H3/t17?,18-,19?,20+,21+/m1/s1. The van der Waals surface area contributed by atoms with Gasteiger partial charge in [-0.05, 0) is 57.1 Å². The van der Waals surface area contributed by atoms with Gasteiger partial charge in [0.05, 0.1) is 19.0 Å². The molecule has 1 aromatic rings. The van der Waals surface area contributed by atoms with Crippen molar-refractivity contribution in [2.75, 3.05) is 26.5 Å². The van der Waals surface area contributed by atoms with E-state index in [1.807, 2.05) is 7.05 Å². The summed E-state index contributed by atoms with van der Waals surface area (Å²) in [6.07, 6.45) is 7.15. The Morgan fingerprint density at radius 1 is 1.18 bits per heavy atom. The number of nitrogens with one attached hydrogen (secondary N) is 1. The lowest BCUT2D eigenvalue weighted by Gasteiger charge is -2.32. The van der Waals surface area contributed by atoms with Gasteiger partial charge in [0.1, 0.15) is 0 Å². The number of nitrogens with zero attached hydrogens (tertiary/aromatic N) is 1. The third-order valence-electron chi connectivity index (χ3n) is 6.37. The zero-order valence-electron chi connectivity index (χ0n) is 17.0. The maximum Gasteiger partial charge on any atom is 0.209 e. The van der Waals surface area contributed by atoms with E-state index in [-0.39, 0.29) is 30.8 Å². The van der Waals surface area contributed by atoms with Gasteiger partial charge in [0.2, 0.25) is 10.0 Å². The van der Waals surface area contributed by atoms with Gasteiger partial charge in [0.25, 0.3) is 0 Å². The van der Waals surface area contributed by atoms with Crippen molar-refractivity contribution >= 4 is 10.0 Å². The number of hydrogen-bond donors (Lipinski definition) is 2. The second-order valence-corrected chi connectivity index (χ2v) is 10.1. The summed E-state index contributed by atoms with van der Waals surface area (Å²) in [5, 5.41) is 9.31. The summed E-state index contributed by atoms with van der Waals surface area (Å²) >= 11 is 0. The highest BCUT2D eigenvalue weighted by atomic mass is 32.2. The molecular weight excluding hydrogens is 376 g/mol. The van der Waals surface area contributed by atoms with E-state index < -0.39 is 10.0 Å². The molecule has 2 aliphatic rings. The number of hydrogen-bond acceptors (Lipinski definition) is 5. The fourth-order valence-electron chi connectivity index (χ4n) is 4.80. The van der Waals surface area contributed by atoms with Crippen molar-refractivity contribution in [1.29, 1.82) is 0 Å². The fraction of sp³-hybridized carbons (Fsp3) is 0.714. The van der Waals surface area contributed by atoms with Crippen LogP contribution in [-0.4, -0.2) is 69.2 Å². The van der Waals surface area contributed by atoms with Crippen LogP contribution in [0.3, 0.4) is 0 Å². The van der Waals surface area contributed by atoms with E-state index in [9.17, 15) is 13.5 Å². The SMILES string of the molecule is CN1[C@H](CCO)C[C@H](NS(C)(=O)=O)[C@@H]1COC1CCC(c2ccccc2)CC1. The van der Waals surface area contributed by atoms with Gasteiger partial charge in [0, 0.05) is 24.7 Å². The molecule has 3 rings (SSSR count). The van der Waals surface area contributed by atoms with Crippen molar-refractivity contribution in [2.24, 2.45) is 0 Å². The first-order chi connectivity index (χ1) is 13.4. The highest BCUT2D eigenvalue weighted by Crippen LogP contribution is 2.34. The van der Waals surface area contributed by atoms with Crippen molar-refractivity contribution in [3.05, 3.63) is 35.9 Å². The molecule has 1 saturated carbocycles. The highest BCUT2D eigenvalue weighted by molar-refractivity contribution is 7.88. The van der Waals surface area contributed by atoms with Crippen molar-refractivity contribution in [3.63, 3.8) is 0 Å². The first kappa shape index (κ1) is 21.7. The third kappa shape index (κ3) is 5.76. The molecule has 0 aromatic heterocycles. The summed E-state index contributed by atoms with van der Waals surface area (Å²) in [5.74, 6) is 0.615. The molecule has 0 unspecified atom stereocenters. The van der Waals surface area contributed by atoms with Crippen LogP contribution in [0.15, 0.2) is 30.3 Å². The van der Waals surface area contributed by atoms with Gasteiger partial charge in [-0.25, -0.2) is 13.1 Å². The molecule has 1 aromatic carbocycles. The summed E-state index contributed by atoms with van der Waals surface area (Å²) < 4.78 is 32.5. The zero-order chi connectivity index (χ0) is 20.1. The molecule has 0 spiro atoms. The Bertz CT molecular complexity index is 704. The van der Waals surface area contributed by atoms with Gasteiger partial charge in [0.15, 0.2) is 0 Å². The van der Waals surface area contributed by atoms with Gasteiger partial charge in [-0.1, -0.05) is 30.3 Å². The topological polar surface area (TPSA) is 78.9 Å². The van der Waals surface area contributed by atoms with Gasteiger partial charge in [-0.2, -0.15) is 0 Å². The average molecular weight is 411 g/mol. The number of rotatable bonds is 8. The second-order valence-electron chi connectivity index (χ2n) is 8.35. The zero-order valence-corrected chi connectivity index (χ0v) is 17.8. The molecule has 0 amide bonds. The largest absolute Gasteiger partial charge is 0.396 e. The van der Waals surface area contributed by atoms with Gasteiger partial charge < -0.3 is 9.84 Å². The van der Waals surface area contributed by atoms with Crippen LogP contribution in [-0.2, 0) is 14.8 Å². The second kappa shape index (κ2) is 9.67. The number of likely N-dealkylation sites (N-methyl/N-ethyl adjacent to an activating group) is 1. The number of likely N-dealkylation sites (tertiary alicyclic amines) is 1. The van der Waals surface area contributed by atoms with E-state index in [2.05, 4.69) is 40.0 Å². The monoisotopic (exact) mass is 410 g/mol. The van der Waals surface area contributed by atoms with Crippen LogP contribution in [0.25, 0.3) is 0 Å². The van der Waals surface area contributed by atoms with Gasteiger partial charge in [-0.15, -0.1) is 0 Å². The molecular formula is C21H34N2O4S. The molecule has 3 atom stereocenters. The molecule has 2 N–H and O–H groups in total. The Labute approximate surface area is 169 Å². The third-order valence-corrected chi connectivity index (χ3v) is 7.10. The predicted octanol–water partition coefficient (Wildman–Crippen LogP) is 2.10. The molecule has 0 radical (unpaired) electrons. The molecule has 2 fully saturated rings. The van der Waals surface area contributed by atoms with Crippen LogP contribution >= 0.6 is 0 Å². The first-order valence-corrected chi connectivity index (χ1v) is 12.2. The summed E-state index contributed by atoms with van der Waals surface area (Å²) in [6.45, 7) is 0.629. The van der Waals surface area contributed by atoms with Crippen LogP contribution in [0.4, 0.5) is 0 Å². The number of ether oxygens (including phenoxy) is 1. The molecule has 158 valence electrons. The maximum atomic E-state index is 11.8. The predicted molar refractivity (Wildman–Crippen MR) is 111 cm³/mol. The molecule has 1 heterocycles. The Balaban J connectivity index is 1.53.